The third-order valence-electron chi connectivity index (χ3n) is 9.15. The molecule has 0 radical (unpaired) electrons. The summed E-state index contributed by atoms with van der Waals surface area (Å²) < 4.78 is 182. The number of guanidine groups is 5. The molecule has 0 amide bonds. The largest absolute Gasteiger partial charge is 0.542 e. The molecule has 0 aromatic carbocycles. The van der Waals surface area contributed by atoms with Crippen molar-refractivity contribution in [2.75, 3.05) is 6.54 Å². The molecule has 3 aliphatic rings. The van der Waals surface area contributed by atoms with Gasteiger partial charge in [-0.2, -0.15) is 65.9 Å². The van der Waals surface area contributed by atoms with Gasteiger partial charge >= 0.3 is 60.7 Å². The second-order valence-corrected chi connectivity index (χ2v) is 15.6. The maximum atomic E-state index is 11.6. The van der Waals surface area contributed by atoms with Crippen molar-refractivity contribution in [2.24, 2.45) is 57.3 Å². The molecule has 1 saturated carbocycles. The third kappa shape index (κ3) is 29.7. The quantitative estimate of drug-likeness (QED) is 0.0549. The predicted molar refractivity (Wildman–Crippen MR) is 214 cm³/mol. The van der Waals surface area contributed by atoms with Gasteiger partial charge in [-0.3, -0.25) is 82.3 Å². The van der Waals surface area contributed by atoms with Crippen molar-refractivity contribution in [3.8, 4) is 0 Å². The average Bonchev–Trinajstić information content (AvgIpc) is 3.27. The molecule has 1 aliphatic carbocycles. The first-order valence-electron chi connectivity index (χ1n) is 20.7. The average molecular weight is 1250 g/mol. The Kier molecular flexibility index (Phi) is 31.3. The van der Waals surface area contributed by atoms with Gasteiger partial charge in [0.25, 0.3) is 0 Å². The van der Waals surface area contributed by atoms with Crippen LogP contribution in [0.4, 0.5) is 65.9 Å². The zero-order valence-corrected chi connectivity index (χ0v) is 40.5. The third-order valence-corrected chi connectivity index (χ3v) is 9.15. The summed E-state index contributed by atoms with van der Waals surface area (Å²) >= 11 is 0. The molecule has 0 bridgehead atoms. The number of carbonyl (C=O) groups is 5. The van der Waals surface area contributed by atoms with Gasteiger partial charge in [0, 0.05) is 6.42 Å². The number of nitrogens with one attached hydrogen (secondary N) is 5. The van der Waals surface area contributed by atoms with E-state index in [0.29, 0.717) is 0 Å². The molecule has 2 aliphatic heterocycles. The highest BCUT2D eigenvalue weighted by atomic mass is 19.4. The molecule has 15 atom stereocenters. The molecule has 3 rings (SSSR count). The molecule has 0 spiro atoms. The van der Waals surface area contributed by atoms with Crippen molar-refractivity contribution in [1.82, 2.24) is 0 Å². The number of alkyl halides is 15. The first-order valence-corrected chi connectivity index (χ1v) is 20.7. The second-order valence-electron chi connectivity index (χ2n) is 15.6. The fraction of sp³-hybridized carbons (Fsp3) is 0.697. The lowest BCUT2D eigenvalue weighted by atomic mass is 9.83. The van der Waals surface area contributed by atoms with Crippen LogP contribution in [0, 0.1) is 0 Å². The second kappa shape index (κ2) is 32.7. The Hall–Kier alpha value is -7.71. The Balaban J connectivity index is -0.00000142. The number of ether oxygens (including phenoxy) is 4. The summed E-state index contributed by atoms with van der Waals surface area (Å²) in [4.78, 5) is 57.3. The highest BCUT2D eigenvalue weighted by Gasteiger charge is 2.55. The summed E-state index contributed by atoms with van der Waals surface area (Å²) in [5.41, 5.74) is 56.3. The predicted octanol–water partition coefficient (Wildman–Crippen LogP) is -22.8. The molecule has 30 N–H and O–H groups in total. The van der Waals surface area contributed by atoms with E-state index in [0.717, 1.165) is 0 Å². The minimum atomic E-state index is -5.19. The van der Waals surface area contributed by atoms with Crippen molar-refractivity contribution in [3.63, 3.8) is 0 Å². The van der Waals surface area contributed by atoms with E-state index in [1.54, 1.807) is 6.92 Å². The van der Waals surface area contributed by atoms with E-state index in [1.807, 2.05) is 0 Å². The van der Waals surface area contributed by atoms with Gasteiger partial charge in [-0.25, -0.2) is 0 Å². The number of hydrogen-bond donors (Lipinski definition) is 20. The van der Waals surface area contributed by atoms with E-state index in [-0.39, 0.29) is 42.8 Å². The van der Waals surface area contributed by atoms with Crippen molar-refractivity contribution in [3.05, 3.63) is 0 Å². The van der Waals surface area contributed by atoms with E-state index in [9.17, 15) is 91.4 Å². The van der Waals surface area contributed by atoms with Crippen molar-refractivity contribution >= 4 is 59.6 Å². The van der Waals surface area contributed by atoms with Crippen LogP contribution in [0.3, 0.4) is 0 Å². The van der Waals surface area contributed by atoms with E-state index < -0.39 is 152 Å². The monoisotopic (exact) mass is 1250 g/mol. The van der Waals surface area contributed by atoms with E-state index >= 15 is 0 Å². The zero-order chi connectivity index (χ0) is 65.7. The summed E-state index contributed by atoms with van der Waals surface area (Å²) in [6.45, 7) is 1.40. The summed E-state index contributed by atoms with van der Waals surface area (Å²) in [6.07, 6.45) is -41.6. The minimum Gasteiger partial charge on any atom is -0.542 e. The van der Waals surface area contributed by atoms with Gasteiger partial charge in [0.05, 0.1) is 12.6 Å². The van der Waals surface area contributed by atoms with Crippen LogP contribution in [0.5, 0.6) is 0 Å². The number of aliphatic hydroxyl groups is 5. The lowest BCUT2D eigenvalue weighted by molar-refractivity contribution is -0.596. The summed E-state index contributed by atoms with van der Waals surface area (Å²) in [6, 6.07) is -4.08. The summed E-state index contributed by atoms with van der Waals surface area (Å²) in [7, 11) is 0. The van der Waals surface area contributed by atoms with Crippen LogP contribution >= 0.6 is 0 Å². The number of carboxylic acids is 5. The topological polar surface area (TPSA) is 669 Å². The fourth-order valence-corrected chi connectivity index (χ4v) is 5.87. The Morgan fingerprint density at radius 3 is 1.06 bits per heavy atom. The number of hydrogen-bond acceptors (Lipinski definition) is 19. The van der Waals surface area contributed by atoms with Gasteiger partial charge in [0.2, 0.25) is 0 Å². The number of halogens is 15. The molecule has 478 valence electrons. The number of carboxylic acid groups (broad SMARTS) is 5. The summed E-state index contributed by atoms with van der Waals surface area (Å²) in [5, 5.41) is 99.2. The number of rotatable bonds is 10. The van der Waals surface area contributed by atoms with Crippen molar-refractivity contribution < 1.29 is 185 Å². The standard InChI is InChI=1S/C23H47N15O9.5C2HF3O2/c1-4-8(37-22(30)31)12(41)14(43)18(44-4)47-16-10(39)5(35-20(26)27)2-6(36-21(28)29)15(16)46-17-9(38-23(32)33)13(42)11(40)7(45-17)3-34-19(24)25;5*3-2(4,5)1(6)7/h4-18,39-43H,2-3H2,1H3,(H4,24,25,34)(H4,26,27,35)(H4,28,29,36)(H4,30,31,37)(H4,32,33,38);5*(H,6,7)/t4-,5-,6+,7-,8-,9-,10+,11-,12+,13-,14-,15-,16-,17-,18+;;;;;/m1...../s1. The molecular weight excluding hydrogens is 1200 g/mol. The highest BCUT2D eigenvalue weighted by molar-refractivity contribution is 5.73. The fourth-order valence-electron chi connectivity index (χ4n) is 5.87. The van der Waals surface area contributed by atoms with Gasteiger partial charge in [0.15, 0.2) is 18.6 Å². The van der Waals surface area contributed by atoms with E-state index in [4.69, 9.17) is 126 Å². The minimum absolute atomic E-state index is 0.00297. The smallest absolute Gasteiger partial charge is 0.430 e. The maximum Gasteiger partial charge on any atom is 0.430 e. The number of aliphatic hydroxyl groups excluding tert-OH is 5. The van der Waals surface area contributed by atoms with E-state index in [2.05, 4.69) is 25.0 Å². The van der Waals surface area contributed by atoms with Gasteiger partial charge in [-0.15, -0.1) is 0 Å². The lowest BCUT2D eigenvalue weighted by Gasteiger charge is -2.47. The Morgan fingerprint density at radius 1 is 0.439 bits per heavy atom. The van der Waals surface area contributed by atoms with Crippen LogP contribution in [-0.4, -0.2) is 214 Å². The molecule has 3 fully saturated rings. The molecule has 2 heterocycles. The summed E-state index contributed by atoms with van der Waals surface area (Å²) in [5.74, 6) is -16.3. The molecule has 0 aromatic heterocycles. The van der Waals surface area contributed by atoms with Crippen LogP contribution in [0.1, 0.15) is 13.3 Å². The molecule has 49 heteroatoms. The van der Waals surface area contributed by atoms with Gasteiger partial charge < -0.3 is 94.0 Å². The van der Waals surface area contributed by atoms with Crippen LogP contribution in [0.15, 0.2) is 0 Å². The molecular formula is C33H52F15N15O19. The molecule has 82 heavy (non-hydrogen) atoms. The highest BCUT2D eigenvalue weighted by Crippen LogP contribution is 2.31. The Labute approximate surface area is 444 Å². The van der Waals surface area contributed by atoms with Crippen LogP contribution in [0.2, 0.25) is 0 Å². The number of aliphatic carboxylic acids is 5. The zero-order valence-electron chi connectivity index (χ0n) is 40.5. The first-order chi connectivity index (χ1) is 36.6. The number of carbonyl (C=O) groups excluding carboxylic acids is 5. The van der Waals surface area contributed by atoms with Crippen molar-refractivity contribution in [1.29, 1.82) is 0 Å². The maximum absolute atomic E-state index is 11.6. The van der Waals surface area contributed by atoms with Gasteiger partial charge in [0.1, 0.15) is 96.8 Å². The van der Waals surface area contributed by atoms with Crippen LogP contribution in [0.25, 0.3) is 0 Å². The van der Waals surface area contributed by atoms with Crippen LogP contribution in [-0.2, 0) is 42.9 Å². The Morgan fingerprint density at radius 2 is 0.744 bits per heavy atom. The Bertz CT molecular complexity index is 2080. The first kappa shape index (κ1) is 78.5. The lowest BCUT2D eigenvalue weighted by Crippen LogP contribution is -2.96. The molecule has 0 aromatic rings. The molecule has 34 nitrogen and oxygen atoms in total. The molecule has 0 unspecified atom stereocenters. The van der Waals surface area contributed by atoms with E-state index in [1.165, 1.54) is 0 Å². The molecule has 2 saturated heterocycles. The normalized spacial score (nSPS) is 27.9. The van der Waals surface area contributed by atoms with Crippen LogP contribution < -0.4 is 108 Å². The van der Waals surface area contributed by atoms with Crippen molar-refractivity contribution in [2.45, 2.75) is 136 Å². The van der Waals surface area contributed by atoms with Gasteiger partial charge in [-0.1, -0.05) is 0 Å². The van der Waals surface area contributed by atoms with Gasteiger partial charge in [-0.05, 0) is 6.92 Å². The number of nitrogens with two attached hydrogens (primary N) is 10. The SMILES string of the molecule is C[C@H]1O[C@@H](O[C@@H]2[C@@H](O)[C@H]([NH+]=C(N)N)C[C@H]([NH+]=C(N)N)[C@H]2O[C@H]2O[C@H](C[NH+]=C(N)N)[C@@H](O)[C@H](O)[C@H]2[NH+]=C(N)N)[C@H](O)[C@@H](O)[C@@H]1[NH+]=C(N)N.O=C([O-])C(F)(F)F.O=C([O-])C(F)(F)F.O=C([O-])C(F)(F)F.O=C([O-])C(F)(F)F.O=C([O-])C(F)(F)F.